The minimum Gasteiger partial charge on any atom is -0.462 e. The van der Waals surface area contributed by atoms with Crippen molar-refractivity contribution in [1.82, 2.24) is 0 Å². The van der Waals surface area contributed by atoms with E-state index in [2.05, 4.69) is 48.5 Å². The SMILES string of the molecule is CCCCCCCCCCCCCCCCCC(=O)OC[C@H](COP(=O)(O)OC[C@@H](O)COP(=O)(O)OC[C@@H](COC(=O)CCCCCCCCC(C)CC)OC(=O)CCCCCCCCCCCC(C)C)OC(=O)CCCCCCCCCCCCCCCCCC(C)C. The van der Waals surface area contributed by atoms with Crippen LogP contribution in [0.5, 0.6) is 0 Å². The van der Waals surface area contributed by atoms with Crippen LogP contribution >= 0.6 is 15.6 Å². The summed E-state index contributed by atoms with van der Waals surface area (Å²) in [6.07, 6.45) is 52.7. The number of rotatable bonds is 74. The predicted octanol–water partition coefficient (Wildman–Crippen LogP) is 22.2. The molecule has 0 fully saturated rings. The maximum atomic E-state index is 13.1. The Morgan fingerprint density at radius 2 is 0.537 bits per heavy atom. The number of ether oxygens (including phenoxy) is 4. The molecule has 0 saturated carbocycles. The van der Waals surface area contributed by atoms with Crippen LogP contribution < -0.4 is 0 Å². The minimum atomic E-state index is -4.96. The van der Waals surface area contributed by atoms with E-state index in [1.165, 1.54) is 193 Å². The van der Waals surface area contributed by atoms with Crippen LogP contribution in [0.3, 0.4) is 0 Å². The minimum absolute atomic E-state index is 0.104. The van der Waals surface area contributed by atoms with Gasteiger partial charge in [-0.05, 0) is 43.4 Å². The van der Waals surface area contributed by atoms with Gasteiger partial charge in [0.15, 0.2) is 12.2 Å². The molecule has 0 heterocycles. The first-order valence-corrected chi connectivity index (χ1v) is 42.4. The largest absolute Gasteiger partial charge is 0.472 e. The summed E-state index contributed by atoms with van der Waals surface area (Å²) in [6, 6.07) is 0. The lowest BCUT2D eigenvalue weighted by atomic mass is 10.00. The van der Waals surface area contributed by atoms with E-state index in [0.29, 0.717) is 25.7 Å². The predicted molar refractivity (Wildman–Crippen MR) is 386 cm³/mol. The van der Waals surface area contributed by atoms with Crippen molar-refractivity contribution < 1.29 is 80.2 Å². The lowest BCUT2D eigenvalue weighted by molar-refractivity contribution is -0.161. The molecule has 3 N–H and O–H groups in total. The highest BCUT2D eigenvalue weighted by Gasteiger charge is 2.30. The second-order valence-electron chi connectivity index (χ2n) is 28.6. The molecule has 0 spiro atoms. The zero-order valence-electron chi connectivity index (χ0n) is 62.1. The molecular formula is C76H148O17P2. The topological polar surface area (TPSA) is 237 Å². The Bertz CT molecular complexity index is 1850. The summed E-state index contributed by atoms with van der Waals surface area (Å²) in [5.41, 5.74) is 0. The summed E-state index contributed by atoms with van der Waals surface area (Å²) in [6.45, 7) is 11.9. The Kier molecular flexibility index (Phi) is 65.2. The highest BCUT2D eigenvalue weighted by molar-refractivity contribution is 7.47. The number of phosphoric acid groups is 2. The van der Waals surface area contributed by atoms with Gasteiger partial charge in [-0.1, -0.05) is 337 Å². The molecule has 0 aliphatic carbocycles. The van der Waals surface area contributed by atoms with Crippen molar-refractivity contribution in [2.24, 2.45) is 17.8 Å². The van der Waals surface area contributed by atoms with E-state index >= 15 is 0 Å². The standard InChI is InChI=1S/C76H148O17P2/c1-8-10-11-12-13-14-15-16-18-22-25-30-35-43-50-57-73(78)86-63-71(92-75(80)59-52-45-36-31-26-23-20-17-19-21-24-28-33-40-47-54-67(3)4)65-90-94(82,83)88-61-70(77)62-89-95(84,85)91-66-72(64-87-74(79)58-51-44-39-38-42-49-56-69(7)9-2)93-76(81)60-53-46-37-32-27-29-34-41-48-55-68(5)6/h67-72,77H,8-66H2,1-7H3,(H,82,83)(H,84,85)/t69?,70-,71-,72-/m1/s1. The van der Waals surface area contributed by atoms with Gasteiger partial charge >= 0.3 is 39.5 Å². The van der Waals surface area contributed by atoms with Gasteiger partial charge < -0.3 is 33.8 Å². The van der Waals surface area contributed by atoms with Crippen molar-refractivity contribution in [1.29, 1.82) is 0 Å². The molecule has 0 rings (SSSR count). The molecular weight excluding hydrogens is 1250 g/mol. The molecule has 0 bridgehead atoms. The summed E-state index contributed by atoms with van der Waals surface area (Å²) in [4.78, 5) is 72.8. The molecule has 564 valence electrons. The maximum absolute atomic E-state index is 13.1. The summed E-state index contributed by atoms with van der Waals surface area (Å²) >= 11 is 0. The first kappa shape index (κ1) is 93.1. The molecule has 19 heteroatoms. The second kappa shape index (κ2) is 66.6. The summed E-state index contributed by atoms with van der Waals surface area (Å²) in [5, 5.41) is 10.6. The van der Waals surface area contributed by atoms with E-state index in [9.17, 15) is 43.2 Å². The molecule has 17 nitrogen and oxygen atoms in total. The van der Waals surface area contributed by atoms with Crippen LogP contribution in [0.1, 0.15) is 389 Å². The third-order valence-electron chi connectivity index (χ3n) is 18.0. The average Bonchev–Trinajstić information content (AvgIpc) is 1.53. The summed E-state index contributed by atoms with van der Waals surface area (Å²) in [7, 11) is -9.91. The van der Waals surface area contributed by atoms with Crippen LogP contribution in [0, 0.1) is 17.8 Å². The molecule has 6 atom stereocenters. The lowest BCUT2D eigenvalue weighted by Crippen LogP contribution is -2.30. The third kappa shape index (κ3) is 69.0. The van der Waals surface area contributed by atoms with E-state index in [4.69, 9.17) is 37.0 Å². The van der Waals surface area contributed by atoms with Crippen molar-refractivity contribution in [3.05, 3.63) is 0 Å². The van der Waals surface area contributed by atoms with E-state index < -0.39 is 97.5 Å². The van der Waals surface area contributed by atoms with E-state index in [1.54, 1.807) is 0 Å². The number of phosphoric ester groups is 2. The van der Waals surface area contributed by atoms with Gasteiger partial charge in [-0.15, -0.1) is 0 Å². The fourth-order valence-corrected chi connectivity index (χ4v) is 13.1. The summed E-state index contributed by atoms with van der Waals surface area (Å²) in [5.74, 6) is 0.151. The first-order chi connectivity index (χ1) is 45.8. The van der Waals surface area contributed by atoms with Crippen LogP contribution in [0.15, 0.2) is 0 Å². The Morgan fingerprint density at radius 3 is 0.800 bits per heavy atom. The molecule has 0 saturated heterocycles. The quantitative estimate of drug-likeness (QED) is 0.0222. The van der Waals surface area contributed by atoms with Crippen molar-refractivity contribution in [3.8, 4) is 0 Å². The third-order valence-corrected chi connectivity index (χ3v) is 19.9. The van der Waals surface area contributed by atoms with Gasteiger partial charge in [0.05, 0.1) is 26.4 Å². The Hall–Kier alpha value is -1.94. The summed E-state index contributed by atoms with van der Waals surface area (Å²) < 4.78 is 68.5. The van der Waals surface area contributed by atoms with Gasteiger partial charge in [0.2, 0.25) is 0 Å². The van der Waals surface area contributed by atoms with Gasteiger partial charge in [-0.25, -0.2) is 9.13 Å². The van der Waals surface area contributed by atoms with E-state index in [0.717, 1.165) is 114 Å². The zero-order valence-corrected chi connectivity index (χ0v) is 63.9. The Labute approximate surface area is 581 Å². The van der Waals surface area contributed by atoms with Crippen molar-refractivity contribution in [3.63, 3.8) is 0 Å². The van der Waals surface area contributed by atoms with E-state index in [1.807, 2.05) is 0 Å². The number of carbonyl (C=O) groups is 4. The van der Waals surface area contributed by atoms with Crippen LogP contribution in [0.4, 0.5) is 0 Å². The highest BCUT2D eigenvalue weighted by atomic mass is 31.2. The average molecular weight is 1400 g/mol. The number of carbonyl (C=O) groups excluding carboxylic acids is 4. The lowest BCUT2D eigenvalue weighted by Gasteiger charge is -2.21. The first-order valence-electron chi connectivity index (χ1n) is 39.4. The zero-order chi connectivity index (χ0) is 70.1. The Morgan fingerprint density at radius 1 is 0.305 bits per heavy atom. The van der Waals surface area contributed by atoms with Gasteiger partial charge in [-0.3, -0.25) is 37.3 Å². The van der Waals surface area contributed by atoms with Crippen LogP contribution in [0.25, 0.3) is 0 Å². The number of hydrogen-bond acceptors (Lipinski definition) is 15. The monoisotopic (exact) mass is 1400 g/mol. The molecule has 95 heavy (non-hydrogen) atoms. The molecule has 0 aromatic heterocycles. The maximum Gasteiger partial charge on any atom is 0.472 e. The van der Waals surface area contributed by atoms with Crippen LogP contribution in [-0.2, 0) is 65.4 Å². The van der Waals surface area contributed by atoms with Crippen molar-refractivity contribution in [2.45, 2.75) is 407 Å². The number of aliphatic hydroxyl groups excluding tert-OH is 1. The van der Waals surface area contributed by atoms with Crippen molar-refractivity contribution in [2.75, 3.05) is 39.6 Å². The molecule has 0 aromatic carbocycles. The molecule has 0 aliphatic rings. The second-order valence-corrected chi connectivity index (χ2v) is 31.5. The smallest absolute Gasteiger partial charge is 0.462 e. The van der Waals surface area contributed by atoms with Gasteiger partial charge in [0, 0.05) is 25.7 Å². The molecule has 3 unspecified atom stereocenters. The molecule has 0 radical (unpaired) electrons. The number of esters is 4. The molecule has 0 aliphatic heterocycles. The van der Waals surface area contributed by atoms with Crippen LogP contribution in [0.2, 0.25) is 0 Å². The van der Waals surface area contributed by atoms with Crippen LogP contribution in [-0.4, -0.2) is 96.7 Å². The fraction of sp³-hybridized carbons (Fsp3) is 0.947. The number of hydrogen-bond donors (Lipinski definition) is 3. The van der Waals surface area contributed by atoms with Gasteiger partial charge in [0.1, 0.15) is 19.3 Å². The van der Waals surface area contributed by atoms with E-state index in [-0.39, 0.29) is 25.7 Å². The van der Waals surface area contributed by atoms with Crippen molar-refractivity contribution >= 4 is 39.5 Å². The fourth-order valence-electron chi connectivity index (χ4n) is 11.6. The number of unbranched alkanes of at least 4 members (excludes halogenated alkanes) is 41. The van der Waals surface area contributed by atoms with Gasteiger partial charge in [-0.2, -0.15) is 0 Å². The number of aliphatic hydroxyl groups is 1. The highest BCUT2D eigenvalue weighted by Crippen LogP contribution is 2.45. The van der Waals surface area contributed by atoms with Gasteiger partial charge in [0.25, 0.3) is 0 Å². The molecule has 0 aromatic rings. The normalized spacial score (nSPS) is 14.4. The Balaban J connectivity index is 5.25. The molecule has 0 amide bonds.